The normalized spacial score (nSPS) is 15.5. The van der Waals surface area contributed by atoms with E-state index in [0.29, 0.717) is 11.4 Å². The molecule has 0 bridgehead atoms. The van der Waals surface area contributed by atoms with Crippen LogP contribution in [0.3, 0.4) is 0 Å². The smallest absolute Gasteiger partial charge is 0.230 e. The van der Waals surface area contributed by atoms with Crippen molar-refractivity contribution in [2.45, 2.75) is 37.3 Å². The Balaban J connectivity index is 1.34. The summed E-state index contributed by atoms with van der Waals surface area (Å²) >= 11 is 1.44. The summed E-state index contributed by atoms with van der Waals surface area (Å²) in [6, 6.07) is 16.7. The van der Waals surface area contributed by atoms with Crippen LogP contribution in [0, 0.1) is 12.7 Å². The molecule has 32 heavy (non-hydrogen) atoms. The lowest BCUT2D eigenvalue weighted by Gasteiger charge is -2.26. The van der Waals surface area contributed by atoms with Gasteiger partial charge in [0.25, 0.3) is 0 Å². The number of nitrogens with one attached hydrogen (secondary N) is 1. The molecule has 0 saturated heterocycles. The molecule has 1 unspecified atom stereocenters. The second kappa shape index (κ2) is 8.74. The molecular formula is C25H23FN4OS. The van der Waals surface area contributed by atoms with E-state index in [-0.39, 0.29) is 17.8 Å². The zero-order valence-corrected chi connectivity index (χ0v) is 18.5. The maximum Gasteiger partial charge on any atom is 0.230 e. The quantitative estimate of drug-likeness (QED) is 0.341. The third-order valence-corrected chi connectivity index (χ3v) is 6.77. The molecule has 1 aliphatic rings. The van der Waals surface area contributed by atoms with Gasteiger partial charge < -0.3 is 5.32 Å². The van der Waals surface area contributed by atoms with E-state index >= 15 is 0 Å². The summed E-state index contributed by atoms with van der Waals surface area (Å²) < 4.78 is 15.1. The van der Waals surface area contributed by atoms with Crippen molar-refractivity contribution in [1.82, 2.24) is 19.9 Å². The Morgan fingerprint density at radius 2 is 2.03 bits per heavy atom. The molecule has 2 aromatic heterocycles. The molecule has 0 fully saturated rings. The SMILES string of the molecule is Cc1cc(SCC(=O)NC2CCCc3ccccc32)n2ncc(-c3ccc(F)cc3)c2n1. The number of fused-ring (bicyclic) bond motifs is 2. The first-order valence-corrected chi connectivity index (χ1v) is 11.7. The molecule has 0 saturated carbocycles. The third-order valence-electron chi connectivity index (χ3n) is 5.78. The standard InChI is InChI=1S/C25H23FN4OS/c1-16-13-24(30-25(28-16)21(14-27-30)18-9-11-19(26)12-10-18)32-15-23(31)29-22-8-4-6-17-5-2-3-7-20(17)22/h2-3,5,7,9-14,22H,4,6,8,15H2,1H3,(H,29,31). The molecular weight excluding hydrogens is 423 g/mol. The summed E-state index contributed by atoms with van der Waals surface area (Å²) in [5, 5.41) is 8.54. The van der Waals surface area contributed by atoms with Gasteiger partial charge in [0.2, 0.25) is 5.91 Å². The number of hydrogen-bond acceptors (Lipinski definition) is 4. The highest BCUT2D eigenvalue weighted by atomic mass is 32.2. The first-order chi connectivity index (χ1) is 15.6. The number of aryl methyl sites for hydroxylation is 2. The molecule has 0 radical (unpaired) electrons. The zero-order chi connectivity index (χ0) is 22.1. The maximum atomic E-state index is 13.3. The monoisotopic (exact) mass is 446 g/mol. The minimum atomic E-state index is -0.280. The van der Waals surface area contributed by atoms with Gasteiger partial charge in [0, 0.05) is 11.3 Å². The van der Waals surface area contributed by atoms with Crippen molar-refractivity contribution < 1.29 is 9.18 Å². The average molecular weight is 447 g/mol. The van der Waals surface area contributed by atoms with Gasteiger partial charge in [-0.05, 0) is 61.1 Å². The largest absolute Gasteiger partial charge is 0.349 e. The van der Waals surface area contributed by atoms with Gasteiger partial charge in [0.15, 0.2) is 5.65 Å². The summed E-state index contributed by atoms with van der Waals surface area (Å²) in [5.74, 6) is 0.0191. The van der Waals surface area contributed by atoms with Crippen LogP contribution in [0.25, 0.3) is 16.8 Å². The van der Waals surface area contributed by atoms with Crippen LogP contribution in [-0.2, 0) is 11.2 Å². The molecule has 162 valence electrons. The highest BCUT2D eigenvalue weighted by molar-refractivity contribution is 7.99. The molecule has 4 aromatic rings. The Bertz CT molecular complexity index is 1290. The van der Waals surface area contributed by atoms with Crippen LogP contribution in [-0.4, -0.2) is 26.3 Å². The number of benzene rings is 2. The van der Waals surface area contributed by atoms with E-state index in [1.807, 2.05) is 19.1 Å². The number of halogens is 1. The first kappa shape index (κ1) is 20.7. The van der Waals surface area contributed by atoms with E-state index in [1.54, 1.807) is 22.8 Å². The fraction of sp³-hybridized carbons (Fsp3) is 0.240. The fourth-order valence-corrected chi connectivity index (χ4v) is 5.14. The van der Waals surface area contributed by atoms with Gasteiger partial charge in [-0.15, -0.1) is 0 Å². The second-order valence-corrected chi connectivity index (χ2v) is 9.03. The Hall–Kier alpha value is -3.19. The molecule has 0 aliphatic heterocycles. The maximum absolute atomic E-state index is 13.3. The number of hydrogen-bond donors (Lipinski definition) is 1. The number of carbonyl (C=O) groups excluding carboxylic acids is 1. The van der Waals surface area contributed by atoms with Crippen molar-refractivity contribution in [2.24, 2.45) is 0 Å². The summed E-state index contributed by atoms with van der Waals surface area (Å²) in [4.78, 5) is 17.4. The number of rotatable bonds is 5. The Morgan fingerprint density at radius 3 is 2.88 bits per heavy atom. The summed E-state index contributed by atoms with van der Waals surface area (Å²) in [5.41, 5.74) is 5.78. The summed E-state index contributed by atoms with van der Waals surface area (Å²) in [6.07, 6.45) is 4.85. The van der Waals surface area contributed by atoms with Crippen molar-refractivity contribution in [3.8, 4) is 11.1 Å². The van der Waals surface area contributed by atoms with Crippen LogP contribution in [0.15, 0.2) is 65.8 Å². The van der Waals surface area contributed by atoms with Crippen LogP contribution < -0.4 is 5.32 Å². The van der Waals surface area contributed by atoms with Crippen LogP contribution in [0.1, 0.15) is 35.7 Å². The topological polar surface area (TPSA) is 59.3 Å². The highest BCUT2D eigenvalue weighted by Gasteiger charge is 2.21. The van der Waals surface area contributed by atoms with Gasteiger partial charge in [-0.2, -0.15) is 5.10 Å². The lowest BCUT2D eigenvalue weighted by atomic mass is 9.88. The predicted octanol–water partition coefficient (Wildman–Crippen LogP) is 5.13. The number of amides is 1. The van der Waals surface area contributed by atoms with Crippen LogP contribution in [0.5, 0.6) is 0 Å². The van der Waals surface area contributed by atoms with Gasteiger partial charge in [-0.25, -0.2) is 13.9 Å². The van der Waals surface area contributed by atoms with Crippen molar-refractivity contribution >= 4 is 23.3 Å². The Kier molecular flexibility index (Phi) is 5.66. The van der Waals surface area contributed by atoms with Crippen molar-refractivity contribution in [1.29, 1.82) is 0 Å². The van der Waals surface area contributed by atoms with Gasteiger partial charge in [-0.1, -0.05) is 48.2 Å². The molecule has 1 aliphatic carbocycles. The molecule has 0 spiro atoms. The van der Waals surface area contributed by atoms with Gasteiger partial charge in [-0.3, -0.25) is 4.79 Å². The van der Waals surface area contributed by atoms with Crippen LogP contribution >= 0.6 is 11.8 Å². The lowest BCUT2D eigenvalue weighted by molar-refractivity contribution is -0.119. The van der Waals surface area contributed by atoms with Crippen LogP contribution in [0.2, 0.25) is 0 Å². The number of aromatic nitrogens is 3. The zero-order valence-electron chi connectivity index (χ0n) is 17.7. The first-order valence-electron chi connectivity index (χ1n) is 10.7. The minimum absolute atomic E-state index is 0.00484. The molecule has 2 aromatic carbocycles. The van der Waals surface area contributed by atoms with Crippen molar-refractivity contribution in [3.63, 3.8) is 0 Å². The van der Waals surface area contributed by atoms with E-state index < -0.39 is 0 Å². The van der Waals surface area contributed by atoms with E-state index in [1.165, 1.54) is 35.0 Å². The molecule has 5 nitrogen and oxygen atoms in total. The van der Waals surface area contributed by atoms with Crippen molar-refractivity contribution in [2.75, 3.05) is 5.75 Å². The molecule has 1 N–H and O–H groups in total. The Labute approximate surface area is 190 Å². The van der Waals surface area contributed by atoms with Gasteiger partial charge >= 0.3 is 0 Å². The number of thioether (sulfide) groups is 1. The second-order valence-electron chi connectivity index (χ2n) is 8.04. The van der Waals surface area contributed by atoms with Crippen LogP contribution in [0.4, 0.5) is 4.39 Å². The van der Waals surface area contributed by atoms with E-state index in [0.717, 1.165) is 41.1 Å². The van der Waals surface area contributed by atoms with Crippen molar-refractivity contribution in [3.05, 3.63) is 83.4 Å². The number of nitrogens with zero attached hydrogens (tertiary/aromatic N) is 3. The fourth-order valence-electron chi connectivity index (χ4n) is 4.27. The van der Waals surface area contributed by atoms with E-state index in [2.05, 4.69) is 33.6 Å². The third kappa shape index (κ3) is 4.12. The molecule has 1 atom stereocenters. The summed E-state index contributed by atoms with van der Waals surface area (Å²) in [6.45, 7) is 1.92. The highest BCUT2D eigenvalue weighted by Crippen LogP contribution is 2.30. The van der Waals surface area contributed by atoms with E-state index in [4.69, 9.17) is 0 Å². The van der Waals surface area contributed by atoms with Gasteiger partial charge in [0.1, 0.15) is 10.8 Å². The summed E-state index contributed by atoms with van der Waals surface area (Å²) in [7, 11) is 0. The molecule has 2 heterocycles. The predicted molar refractivity (Wildman–Crippen MR) is 124 cm³/mol. The van der Waals surface area contributed by atoms with E-state index in [9.17, 15) is 9.18 Å². The average Bonchev–Trinajstić information content (AvgIpc) is 3.22. The molecule has 1 amide bonds. The van der Waals surface area contributed by atoms with Gasteiger partial charge in [0.05, 0.1) is 18.0 Å². The lowest BCUT2D eigenvalue weighted by Crippen LogP contribution is -2.32. The molecule has 7 heteroatoms. The molecule has 5 rings (SSSR count). The number of carbonyl (C=O) groups is 1. The Morgan fingerprint density at radius 1 is 1.22 bits per heavy atom. The minimum Gasteiger partial charge on any atom is -0.349 e.